The van der Waals surface area contributed by atoms with Gasteiger partial charge in [-0.1, -0.05) is 13.8 Å². The summed E-state index contributed by atoms with van der Waals surface area (Å²) in [6, 6.07) is 17.1. The zero-order valence-corrected chi connectivity index (χ0v) is 31.0. The van der Waals surface area contributed by atoms with Crippen LogP contribution in [0.3, 0.4) is 0 Å². The fourth-order valence-electron chi connectivity index (χ4n) is 5.48. The van der Waals surface area contributed by atoms with E-state index in [2.05, 4.69) is 25.6 Å². The Labute approximate surface area is 304 Å². The molecule has 2 aliphatic rings. The van der Waals surface area contributed by atoms with Gasteiger partial charge in [0.05, 0.1) is 5.56 Å². The number of nitrogens with zero attached hydrogens (tertiary/aromatic N) is 5. The highest BCUT2D eigenvalue weighted by Crippen LogP contribution is 2.23. The molecule has 0 spiro atoms. The lowest BCUT2D eigenvalue weighted by atomic mass is 10.1. The van der Waals surface area contributed by atoms with Crippen molar-refractivity contribution in [3.8, 4) is 0 Å². The highest BCUT2D eigenvalue weighted by Gasteiger charge is 2.32. The van der Waals surface area contributed by atoms with Crippen LogP contribution in [0.25, 0.3) is 0 Å². The maximum absolute atomic E-state index is 13.0. The van der Waals surface area contributed by atoms with Gasteiger partial charge >= 0.3 is 12.2 Å². The van der Waals surface area contributed by atoms with Gasteiger partial charge in [0.2, 0.25) is 0 Å². The molecule has 0 saturated carbocycles. The van der Waals surface area contributed by atoms with Gasteiger partial charge in [-0.3, -0.25) is 34.4 Å². The van der Waals surface area contributed by atoms with Crippen LogP contribution in [0.2, 0.25) is 0 Å². The average molecular weight is 710 g/mol. The minimum atomic E-state index is -0.640. The molecular formula is C39H47N7O6. The highest BCUT2D eigenvalue weighted by molar-refractivity contribution is 6.09. The van der Waals surface area contributed by atoms with E-state index in [1.807, 2.05) is 55.4 Å². The van der Waals surface area contributed by atoms with E-state index in [0.717, 1.165) is 11.1 Å². The first-order chi connectivity index (χ1) is 24.5. The second-order valence-corrected chi connectivity index (χ2v) is 15.2. The summed E-state index contributed by atoms with van der Waals surface area (Å²) in [7, 11) is 0. The minimum absolute atomic E-state index is 0.129. The van der Waals surface area contributed by atoms with Gasteiger partial charge in [-0.2, -0.15) is 0 Å². The van der Waals surface area contributed by atoms with E-state index >= 15 is 0 Å². The maximum atomic E-state index is 13.0. The van der Waals surface area contributed by atoms with Crippen LogP contribution < -0.4 is 10.6 Å². The molecule has 2 unspecified atom stereocenters. The van der Waals surface area contributed by atoms with Crippen molar-refractivity contribution >= 4 is 47.0 Å². The number of carbonyl (C=O) groups is 4. The number of amidine groups is 2. The molecule has 0 radical (unpaired) electrons. The fraction of sp³-hybridized carbons (Fsp3) is 0.410. The predicted molar refractivity (Wildman–Crippen MR) is 200 cm³/mol. The number of hydrogen-bond donors (Lipinski definition) is 2. The van der Waals surface area contributed by atoms with Crippen molar-refractivity contribution in [2.45, 2.75) is 66.6 Å². The van der Waals surface area contributed by atoms with Crippen LogP contribution >= 0.6 is 0 Å². The Morgan fingerprint density at radius 1 is 0.635 bits per heavy atom. The Bertz CT molecular complexity index is 1720. The summed E-state index contributed by atoms with van der Waals surface area (Å²) >= 11 is 0. The molecule has 0 fully saturated rings. The first-order valence-corrected chi connectivity index (χ1v) is 17.4. The number of hydrogen-bond acceptors (Lipinski definition) is 9. The molecule has 2 atom stereocenters. The van der Waals surface area contributed by atoms with E-state index in [9.17, 15) is 19.2 Å². The number of benzene rings is 2. The van der Waals surface area contributed by atoms with Gasteiger partial charge in [0.25, 0.3) is 11.8 Å². The van der Waals surface area contributed by atoms with Crippen LogP contribution in [-0.2, 0) is 9.47 Å². The maximum Gasteiger partial charge on any atom is 0.416 e. The van der Waals surface area contributed by atoms with Crippen molar-refractivity contribution in [2.24, 2.45) is 21.8 Å². The van der Waals surface area contributed by atoms with E-state index in [0.29, 0.717) is 49.2 Å². The number of ether oxygens (including phenoxy) is 2. The van der Waals surface area contributed by atoms with Gasteiger partial charge in [0.15, 0.2) is 0 Å². The second kappa shape index (κ2) is 15.3. The Morgan fingerprint density at radius 3 is 1.44 bits per heavy atom. The van der Waals surface area contributed by atoms with Gasteiger partial charge in [-0.05, 0) is 114 Å². The lowest BCUT2D eigenvalue weighted by Crippen LogP contribution is -2.46. The third-order valence-electron chi connectivity index (χ3n) is 7.89. The quantitative estimate of drug-likeness (QED) is 0.284. The van der Waals surface area contributed by atoms with Gasteiger partial charge in [0.1, 0.15) is 28.6 Å². The van der Waals surface area contributed by atoms with Crippen LogP contribution in [0.4, 0.5) is 21.0 Å². The Hall–Kier alpha value is -5.59. The van der Waals surface area contributed by atoms with E-state index in [-0.39, 0.29) is 23.1 Å². The van der Waals surface area contributed by atoms with Crippen LogP contribution in [0.1, 0.15) is 87.4 Å². The van der Waals surface area contributed by atoms with Gasteiger partial charge in [0, 0.05) is 54.9 Å². The van der Waals surface area contributed by atoms with Gasteiger partial charge < -0.3 is 20.1 Å². The smallest absolute Gasteiger partial charge is 0.416 e. The van der Waals surface area contributed by atoms with Crippen LogP contribution in [-0.4, -0.2) is 87.8 Å². The van der Waals surface area contributed by atoms with Crippen LogP contribution in [0.15, 0.2) is 76.8 Å². The van der Waals surface area contributed by atoms with Crippen molar-refractivity contribution in [2.75, 3.05) is 36.8 Å². The molecule has 0 saturated heterocycles. The van der Waals surface area contributed by atoms with Crippen molar-refractivity contribution in [1.82, 2.24) is 14.8 Å². The van der Waals surface area contributed by atoms with E-state index in [4.69, 9.17) is 9.47 Å². The number of rotatable bonds is 6. The lowest BCUT2D eigenvalue weighted by molar-refractivity contribution is 0.0335. The number of nitrogens with one attached hydrogen (secondary N) is 2. The normalized spacial score (nSPS) is 17.8. The summed E-state index contributed by atoms with van der Waals surface area (Å²) in [4.78, 5) is 68.4. The van der Waals surface area contributed by atoms with E-state index < -0.39 is 35.2 Å². The molecule has 274 valence electrons. The molecule has 13 heteroatoms. The molecule has 3 heterocycles. The van der Waals surface area contributed by atoms with E-state index in [1.165, 1.54) is 18.3 Å². The highest BCUT2D eigenvalue weighted by atomic mass is 16.6. The Morgan fingerprint density at radius 2 is 1.06 bits per heavy atom. The van der Waals surface area contributed by atoms with Crippen molar-refractivity contribution in [1.29, 1.82) is 0 Å². The van der Waals surface area contributed by atoms with Crippen LogP contribution in [0, 0.1) is 11.8 Å². The zero-order chi connectivity index (χ0) is 37.8. The van der Waals surface area contributed by atoms with E-state index in [1.54, 1.807) is 58.3 Å². The summed E-state index contributed by atoms with van der Waals surface area (Å²) in [5, 5.41) is 5.65. The first-order valence-electron chi connectivity index (χ1n) is 17.4. The fourth-order valence-corrected chi connectivity index (χ4v) is 5.48. The summed E-state index contributed by atoms with van der Waals surface area (Å²) in [6.07, 6.45) is 0.432. The number of carbonyl (C=O) groups excluding carboxylic acids is 4. The molecule has 0 bridgehead atoms. The molecule has 2 aliphatic heterocycles. The standard InChI is InChI=1S/C39H47N7O6/c1-24-19-41-32(45(22-24)36(49)51-38(3,4)5)26-9-14-29(15-10-26)43-34(47)28-13-18-31(40-21-28)35(48)44-30-16-11-27(12-17-30)33-42-20-25(2)23-46(33)37(50)52-39(6,7)8/h9-18,21,24-25H,19-20,22-23H2,1-8H3,(H,43,47)(H,44,48). The SMILES string of the molecule is CC1CN=C(c2ccc(NC(=O)c3ccc(C(=O)Nc4ccc(C5=NCC(C)CN5C(=O)OC(C)(C)C)cc4)nc3)cc2)N(C(=O)OC(C)(C)C)C1. The third-order valence-corrected chi connectivity index (χ3v) is 7.89. The summed E-state index contributed by atoms with van der Waals surface area (Å²) in [6.45, 7) is 17.1. The molecule has 3 aromatic rings. The number of pyridine rings is 1. The Kier molecular flexibility index (Phi) is 11.1. The minimum Gasteiger partial charge on any atom is -0.443 e. The molecule has 52 heavy (non-hydrogen) atoms. The molecule has 13 nitrogen and oxygen atoms in total. The molecule has 0 aliphatic carbocycles. The average Bonchev–Trinajstić information content (AvgIpc) is 3.07. The monoisotopic (exact) mass is 709 g/mol. The number of aromatic nitrogens is 1. The summed E-state index contributed by atoms with van der Waals surface area (Å²) in [5.74, 6) is 0.584. The number of anilines is 2. The molecular weight excluding hydrogens is 662 g/mol. The largest absolute Gasteiger partial charge is 0.443 e. The van der Waals surface area contributed by atoms with Gasteiger partial charge in [-0.15, -0.1) is 0 Å². The third kappa shape index (κ3) is 9.80. The van der Waals surface area contributed by atoms with Crippen LogP contribution in [0.5, 0.6) is 0 Å². The first kappa shape index (κ1) is 37.7. The zero-order valence-electron chi connectivity index (χ0n) is 31.0. The van der Waals surface area contributed by atoms with Crippen molar-refractivity contribution < 1.29 is 28.7 Å². The summed E-state index contributed by atoms with van der Waals surface area (Å²) in [5.41, 5.74) is 1.63. The summed E-state index contributed by atoms with van der Waals surface area (Å²) < 4.78 is 11.2. The molecule has 1 aromatic heterocycles. The predicted octanol–water partition coefficient (Wildman–Crippen LogP) is 6.85. The molecule has 5 rings (SSSR count). The Balaban J connectivity index is 1.18. The molecule has 2 N–H and O–H groups in total. The van der Waals surface area contributed by atoms with Gasteiger partial charge in [-0.25, -0.2) is 9.59 Å². The number of amides is 4. The topological polar surface area (TPSA) is 155 Å². The number of aliphatic imine (C=N–C) groups is 2. The van der Waals surface area contributed by atoms with Crippen molar-refractivity contribution in [3.05, 3.63) is 89.2 Å². The lowest BCUT2D eigenvalue weighted by Gasteiger charge is -2.32. The molecule has 2 aromatic carbocycles. The van der Waals surface area contributed by atoms with Crippen molar-refractivity contribution in [3.63, 3.8) is 0 Å². The molecule has 4 amide bonds. The second-order valence-electron chi connectivity index (χ2n) is 15.2.